The second-order valence-corrected chi connectivity index (χ2v) is 2.29. The zero-order chi connectivity index (χ0) is 7.82. The summed E-state index contributed by atoms with van der Waals surface area (Å²) >= 11 is 0. The van der Waals surface area contributed by atoms with Gasteiger partial charge in [-0.15, -0.1) is 0 Å². The Morgan fingerprint density at radius 1 is 1.40 bits per heavy atom. The van der Waals surface area contributed by atoms with E-state index in [4.69, 9.17) is 10.2 Å². The molecule has 0 aromatic rings. The maximum atomic E-state index is 8.87. The molecule has 2 N–H and O–H groups in total. The van der Waals surface area contributed by atoms with E-state index in [-0.39, 0.29) is 6.61 Å². The van der Waals surface area contributed by atoms with Gasteiger partial charge in [0.25, 0.3) is 0 Å². The van der Waals surface area contributed by atoms with Crippen LogP contribution in [0.3, 0.4) is 0 Å². The maximum absolute atomic E-state index is 8.87. The van der Waals surface area contributed by atoms with Crippen molar-refractivity contribution in [2.24, 2.45) is 0 Å². The summed E-state index contributed by atoms with van der Waals surface area (Å²) in [4.78, 5) is 0. The number of aliphatic hydroxyl groups is 2. The first kappa shape index (κ1) is 9.66. The molecule has 0 aliphatic heterocycles. The molecule has 0 heterocycles. The molecule has 0 unspecified atom stereocenters. The van der Waals surface area contributed by atoms with E-state index in [9.17, 15) is 0 Å². The first-order valence-electron chi connectivity index (χ1n) is 3.75. The topological polar surface area (TPSA) is 40.5 Å². The zero-order valence-electron chi connectivity index (χ0n) is 6.45. The average molecular weight is 144 g/mol. The summed E-state index contributed by atoms with van der Waals surface area (Å²) in [5, 5.41) is 17.3. The summed E-state index contributed by atoms with van der Waals surface area (Å²) < 4.78 is 0. The average Bonchev–Trinajstić information content (AvgIpc) is 1.98. The van der Waals surface area contributed by atoms with Gasteiger partial charge in [-0.05, 0) is 19.3 Å². The first-order valence-corrected chi connectivity index (χ1v) is 3.75. The van der Waals surface area contributed by atoms with E-state index in [2.05, 4.69) is 13.0 Å². The normalized spacial score (nSPS) is 14.3. The Bertz CT molecular complexity index is 89.3. The molecule has 0 saturated carbocycles. The highest BCUT2D eigenvalue weighted by Gasteiger charge is 1.97. The summed E-state index contributed by atoms with van der Waals surface area (Å²) in [5.74, 6) is 0. The minimum Gasteiger partial charge on any atom is -0.394 e. The number of allylic oxidation sites excluding steroid dienone is 2. The Hall–Kier alpha value is -0.340. The molecule has 0 rings (SSSR count). The molecule has 0 aliphatic carbocycles. The van der Waals surface area contributed by atoms with Gasteiger partial charge in [0.05, 0.1) is 12.7 Å². The van der Waals surface area contributed by atoms with Crippen LogP contribution in [0.1, 0.15) is 26.2 Å². The van der Waals surface area contributed by atoms with E-state index >= 15 is 0 Å². The van der Waals surface area contributed by atoms with E-state index in [0.717, 1.165) is 12.8 Å². The molecule has 0 radical (unpaired) electrons. The smallest absolute Gasteiger partial charge is 0.0773 e. The molecule has 0 bridgehead atoms. The minimum absolute atomic E-state index is 0.125. The van der Waals surface area contributed by atoms with Gasteiger partial charge in [-0.1, -0.05) is 19.1 Å². The highest BCUT2D eigenvalue weighted by Crippen LogP contribution is 1.97. The molecular weight excluding hydrogens is 128 g/mol. The summed E-state index contributed by atoms with van der Waals surface area (Å²) in [6.45, 7) is 1.94. The van der Waals surface area contributed by atoms with Crippen LogP contribution in [0.4, 0.5) is 0 Å². The number of rotatable bonds is 5. The van der Waals surface area contributed by atoms with Crippen molar-refractivity contribution >= 4 is 0 Å². The molecule has 0 saturated heterocycles. The van der Waals surface area contributed by atoms with Gasteiger partial charge in [0.15, 0.2) is 0 Å². The Kier molecular flexibility index (Phi) is 6.55. The quantitative estimate of drug-likeness (QED) is 0.567. The van der Waals surface area contributed by atoms with Crippen molar-refractivity contribution < 1.29 is 10.2 Å². The van der Waals surface area contributed by atoms with Gasteiger partial charge in [-0.25, -0.2) is 0 Å². The van der Waals surface area contributed by atoms with Crippen LogP contribution < -0.4 is 0 Å². The fraction of sp³-hybridized carbons (Fsp3) is 0.750. The van der Waals surface area contributed by atoms with E-state index in [0.29, 0.717) is 6.42 Å². The monoisotopic (exact) mass is 144 g/mol. The number of aliphatic hydroxyl groups excluding tert-OH is 2. The summed E-state index contributed by atoms with van der Waals surface area (Å²) in [6.07, 6.45) is 6.10. The second-order valence-electron chi connectivity index (χ2n) is 2.29. The third-order valence-corrected chi connectivity index (χ3v) is 1.28. The van der Waals surface area contributed by atoms with Crippen molar-refractivity contribution in [1.82, 2.24) is 0 Å². The lowest BCUT2D eigenvalue weighted by Gasteiger charge is -2.02. The summed E-state index contributed by atoms with van der Waals surface area (Å²) in [7, 11) is 0. The van der Waals surface area contributed by atoms with Crippen LogP contribution in [0.25, 0.3) is 0 Å². The molecule has 60 valence electrons. The third kappa shape index (κ3) is 5.79. The van der Waals surface area contributed by atoms with Gasteiger partial charge in [-0.2, -0.15) is 0 Å². The van der Waals surface area contributed by atoms with Gasteiger partial charge >= 0.3 is 0 Å². The molecule has 1 atom stereocenters. The van der Waals surface area contributed by atoms with Crippen LogP contribution in [-0.2, 0) is 0 Å². The Labute approximate surface area is 62.2 Å². The van der Waals surface area contributed by atoms with Crippen LogP contribution in [-0.4, -0.2) is 22.9 Å². The fourth-order valence-electron chi connectivity index (χ4n) is 0.664. The molecule has 2 heteroatoms. The molecule has 0 aromatic carbocycles. The van der Waals surface area contributed by atoms with Crippen LogP contribution >= 0.6 is 0 Å². The van der Waals surface area contributed by atoms with Gasteiger partial charge in [-0.3, -0.25) is 0 Å². The van der Waals surface area contributed by atoms with E-state index < -0.39 is 6.10 Å². The maximum Gasteiger partial charge on any atom is 0.0773 e. The zero-order valence-corrected chi connectivity index (χ0v) is 6.45. The Balaban J connectivity index is 3.10. The molecule has 0 aliphatic rings. The van der Waals surface area contributed by atoms with Gasteiger partial charge in [0, 0.05) is 0 Å². The molecule has 10 heavy (non-hydrogen) atoms. The van der Waals surface area contributed by atoms with Crippen LogP contribution in [0, 0.1) is 0 Å². The van der Waals surface area contributed by atoms with Crippen molar-refractivity contribution in [3.8, 4) is 0 Å². The Morgan fingerprint density at radius 3 is 2.60 bits per heavy atom. The van der Waals surface area contributed by atoms with Gasteiger partial charge < -0.3 is 10.2 Å². The van der Waals surface area contributed by atoms with Crippen molar-refractivity contribution in [3.05, 3.63) is 12.2 Å². The lowest BCUT2D eigenvalue weighted by molar-refractivity contribution is 0.0891. The highest BCUT2D eigenvalue weighted by molar-refractivity contribution is 4.80. The highest BCUT2D eigenvalue weighted by atomic mass is 16.3. The van der Waals surface area contributed by atoms with Crippen molar-refractivity contribution in [2.45, 2.75) is 32.3 Å². The summed E-state index contributed by atoms with van der Waals surface area (Å²) in [6, 6.07) is 0. The first-order chi connectivity index (χ1) is 4.81. The molecular formula is C8H16O2. The molecule has 2 nitrogen and oxygen atoms in total. The molecule has 0 aromatic heterocycles. The van der Waals surface area contributed by atoms with Crippen molar-refractivity contribution in [3.63, 3.8) is 0 Å². The second kappa shape index (κ2) is 6.78. The lowest BCUT2D eigenvalue weighted by atomic mass is 10.2. The predicted molar refractivity (Wildman–Crippen MR) is 41.8 cm³/mol. The van der Waals surface area contributed by atoms with E-state index in [1.807, 2.05) is 6.08 Å². The van der Waals surface area contributed by atoms with Crippen molar-refractivity contribution in [2.75, 3.05) is 6.61 Å². The predicted octanol–water partition coefficient (Wildman–Crippen LogP) is 1.09. The van der Waals surface area contributed by atoms with Gasteiger partial charge in [0.1, 0.15) is 0 Å². The van der Waals surface area contributed by atoms with E-state index in [1.165, 1.54) is 0 Å². The molecule has 0 spiro atoms. The van der Waals surface area contributed by atoms with Crippen molar-refractivity contribution in [1.29, 1.82) is 0 Å². The lowest BCUT2D eigenvalue weighted by Crippen LogP contribution is -2.10. The molecule has 0 fully saturated rings. The standard InChI is InChI=1S/C8H16O2/c1-2-3-4-5-6-8(10)7-9/h3-4,8-10H,2,5-7H2,1H3/b4-3-/t8-/m1/s1. The molecule has 0 amide bonds. The largest absolute Gasteiger partial charge is 0.394 e. The Morgan fingerprint density at radius 2 is 2.10 bits per heavy atom. The van der Waals surface area contributed by atoms with Crippen LogP contribution in [0.5, 0.6) is 0 Å². The minimum atomic E-state index is -0.540. The fourth-order valence-corrected chi connectivity index (χ4v) is 0.664. The van der Waals surface area contributed by atoms with Crippen LogP contribution in [0.2, 0.25) is 0 Å². The van der Waals surface area contributed by atoms with Gasteiger partial charge in [0.2, 0.25) is 0 Å². The summed E-state index contributed by atoms with van der Waals surface area (Å²) in [5.41, 5.74) is 0. The number of hydrogen-bond donors (Lipinski definition) is 2. The van der Waals surface area contributed by atoms with E-state index in [1.54, 1.807) is 0 Å². The SMILES string of the molecule is CC/C=C\CC[C@@H](O)CO. The third-order valence-electron chi connectivity index (χ3n) is 1.28. The number of hydrogen-bond acceptors (Lipinski definition) is 2. The van der Waals surface area contributed by atoms with Crippen LogP contribution in [0.15, 0.2) is 12.2 Å².